The number of aromatic nitrogens is 7. The van der Waals surface area contributed by atoms with E-state index >= 15 is 0 Å². The molecule has 7 aromatic heterocycles. The van der Waals surface area contributed by atoms with Crippen LogP contribution >= 0.6 is 118 Å². The topological polar surface area (TPSA) is 189 Å². The van der Waals surface area contributed by atoms with Crippen molar-refractivity contribution in [1.82, 2.24) is 34.9 Å². The molecule has 15 nitrogen and oxygen atoms in total. The van der Waals surface area contributed by atoms with Crippen molar-refractivity contribution in [2.45, 2.75) is 61.6 Å². The second kappa shape index (κ2) is 38.4. The molecule has 0 unspecified atom stereocenters. The molecule has 10 aromatic rings. The number of amides is 3. The van der Waals surface area contributed by atoms with Gasteiger partial charge in [-0.2, -0.15) is 0 Å². The number of carbonyl (C=O) groups is 3. The number of rotatable bonds is 8. The van der Waals surface area contributed by atoms with Crippen LogP contribution in [0.15, 0.2) is 155 Å². The average Bonchev–Trinajstić information content (AvgIpc) is 4.35. The maximum absolute atomic E-state index is 12.6. The summed E-state index contributed by atoms with van der Waals surface area (Å²) >= 11 is 32.6. The van der Waals surface area contributed by atoms with Crippen LogP contribution in [0, 0.1) is 3.95 Å². The molecule has 0 aliphatic carbocycles. The first-order valence-electron chi connectivity index (χ1n) is 26.4. The summed E-state index contributed by atoms with van der Waals surface area (Å²) in [5.74, 6) is 1.20. The van der Waals surface area contributed by atoms with Crippen LogP contribution < -0.4 is 71.8 Å². The molecule has 0 saturated carbocycles. The van der Waals surface area contributed by atoms with Gasteiger partial charge in [-0.05, 0) is 117 Å². The summed E-state index contributed by atoms with van der Waals surface area (Å²) in [7, 11) is 0. The van der Waals surface area contributed by atoms with E-state index in [9.17, 15) is 14.4 Å². The number of nitrogens with one attached hydrogen (secondary N) is 1. The molecule has 87 heavy (non-hydrogen) atoms. The van der Waals surface area contributed by atoms with Gasteiger partial charge in [-0.3, -0.25) is 34.3 Å². The number of pyridine rings is 4. The average molecular weight is 1400 g/mol. The van der Waals surface area contributed by atoms with E-state index in [-0.39, 0.29) is 99.2 Å². The van der Waals surface area contributed by atoms with E-state index in [0.29, 0.717) is 28.8 Å². The molecule has 3 amide bonds. The molecule has 0 fully saturated rings. The molecule has 0 atom stereocenters. The number of aryl methyl sites for hydroxylation is 3. The van der Waals surface area contributed by atoms with Crippen molar-refractivity contribution in [3.05, 3.63) is 172 Å². The summed E-state index contributed by atoms with van der Waals surface area (Å²) in [4.78, 5) is 70.3. The number of fused-ring (bicyclic) bond motifs is 6. The van der Waals surface area contributed by atoms with Crippen LogP contribution in [-0.4, -0.2) is 101 Å². The number of hydrogen-bond acceptors (Lipinski definition) is 19. The summed E-state index contributed by atoms with van der Waals surface area (Å²) in [6, 6.07) is 31.9. The maximum atomic E-state index is 12.6. The third-order valence-corrected chi connectivity index (χ3v) is 19.0. The normalized spacial score (nSPS) is 12.4. The summed E-state index contributed by atoms with van der Waals surface area (Å²) in [6.07, 6.45) is 20.0. The molecule has 3 aromatic carbocycles. The van der Waals surface area contributed by atoms with Gasteiger partial charge in [0.1, 0.15) is 16.9 Å². The Hall–Kier alpha value is -4.32. The summed E-state index contributed by atoms with van der Waals surface area (Å²) in [5, 5.41) is 0.556. The Kier molecular flexibility index (Phi) is 32.4. The number of para-hydroxylation sites is 3. The van der Waals surface area contributed by atoms with E-state index in [1.54, 1.807) is 88.4 Å². The number of alkyl halides is 1. The minimum atomic E-state index is -0.00110. The molecule has 0 bridgehead atoms. The van der Waals surface area contributed by atoms with E-state index < -0.39 is 0 Å². The number of aromatic amines is 1. The molecule has 3 aliphatic rings. The molecule has 0 radical (unpaired) electrons. The van der Waals surface area contributed by atoms with Crippen molar-refractivity contribution >= 4 is 206 Å². The largest absolute Gasteiger partial charge is 1.00 e. The van der Waals surface area contributed by atoms with Crippen LogP contribution in [0.2, 0.25) is 5.02 Å². The van der Waals surface area contributed by atoms with Gasteiger partial charge in [-0.25, -0.2) is 9.97 Å². The van der Waals surface area contributed by atoms with Gasteiger partial charge in [-0.1, -0.05) is 97.1 Å². The predicted octanol–water partition coefficient (Wildman–Crippen LogP) is 12.3. The first-order chi connectivity index (χ1) is 40.9. The third kappa shape index (κ3) is 22.0. The Morgan fingerprint density at radius 3 is 1.44 bits per heavy atom. The third-order valence-electron chi connectivity index (χ3n) is 12.6. The molecule has 13 rings (SSSR count). The van der Waals surface area contributed by atoms with Crippen molar-refractivity contribution in [2.24, 2.45) is 0 Å². The Labute approximate surface area is 601 Å². The van der Waals surface area contributed by atoms with Gasteiger partial charge in [0.05, 0.1) is 73.2 Å². The van der Waals surface area contributed by atoms with Crippen molar-refractivity contribution < 1.29 is 70.5 Å². The smallest absolute Gasteiger partial charge is 0.514 e. The maximum Gasteiger partial charge on any atom is 1.00 e. The number of anilines is 4. The number of thiocarbonyl (C=S) groups is 1. The zero-order chi connectivity index (χ0) is 59.2. The molecule has 27 heteroatoms. The molecule has 10 heterocycles. The monoisotopic (exact) mass is 1400 g/mol. The quantitative estimate of drug-likeness (QED) is 0.0480. The Bertz CT molecular complexity index is 3630. The SMILES string of the molecule is C.CCOC(=S)[S-].Cl.Nc1cnccc1Cl.O=C(CCl)N1CCCc2ccccc21.O=C(CSc1nc2cnccc2s1)N1CCCc2ccccc21.O=C(CSc1nc2cnccc2s1)N1CCCc2ccccc21.S=c1[nH]c2cnccc2s1.[K+]. The zero-order valence-electron chi connectivity index (χ0n) is 46.7. The fraction of sp³-hybridized carbons (Fsp3) is 0.250. The van der Waals surface area contributed by atoms with Crippen molar-refractivity contribution in [2.75, 3.05) is 64.1 Å². The van der Waals surface area contributed by atoms with Crippen LogP contribution in [0.25, 0.3) is 30.6 Å². The van der Waals surface area contributed by atoms with Crippen LogP contribution in [0.1, 0.15) is 50.3 Å². The van der Waals surface area contributed by atoms with Gasteiger partial charge in [0.25, 0.3) is 0 Å². The number of thioether (sulfide) groups is 2. The minimum absolute atomic E-state index is 0. The summed E-state index contributed by atoms with van der Waals surface area (Å²) < 4.78 is 10.8. The number of benzene rings is 3. The Balaban J connectivity index is 0.000000201. The summed E-state index contributed by atoms with van der Waals surface area (Å²) in [5.41, 5.74) is 15.6. The van der Waals surface area contributed by atoms with Gasteiger partial charge in [0.15, 0.2) is 12.6 Å². The second-order valence-electron chi connectivity index (χ2n) is 18.2. The minimum Gasteiger partial charge on any atom is -0.514 e. The van der Waals surface area contributed by atoms with Crippen molar-refractivity contribution in [3.8, 4) is 0 Å². The van der Waals surface area contributed by atoms with Gasteiger partial charge in [0.2, 0.25) is 17.7 Å². The molecular weight excluding hydrogens is 1340 g/mol. The summed E-state index contributed by atoms with van der Waals surface area (Å²) in [6.45, 7) is 4.84. The van der Waals surface area contributed by atoms with E-state index in [1.165, 1.54) is 51.1 Å². The molecule has 0 spiro atoms. The number of ether oxygens (including phenoxy) is 1. The molecule has 3 aliphatic heterocycles. The molecule has 450 valence electrons. The number of H-pyrrole nitrogens is 1. The molecular formula is C60H61Cl3KN11O4S8. The molecule has 0 saturated heterocycles. The number of nitrogens with two attached hydrogens (primary N) is 1. The van der Waals surface area contributed by atoms with Crippen LogP contribution in [0.4, 0.5) is 22.7 Å². The number of thiazole rings is 3. The van der Waals surface area contributed by atoms with Gasteiger partial charge < -0.3 is 55.0 Å². The number of halogens is 3. The van der Waals surface area contributed by atoms with Crippen molar-refractivity contribution in [1.29, 1.82) is 0 Å². The number of nitrogens with zero attached hydrogens (tertiary/aromatic N) is 9. The second-order valence-corrected chi connectivity index (χ2v) is 26.1. The van der Waals surface area contributed by atoms with Crippen LogP contribution in [-0.2, 0) is 51.0 Å². The van der Waals surface area contributed by atoms with Gasteiger partial charge in [-0.15, -0.1) is 58.0 Å². The Morgan fingerprint density at radius 1 is 0.644 bits per heavy atom. The molecule has 3 N–H and O–H groups in total. The fourth-order valence-electron chi connectivity index (χ4n) is 8.80. The van der Waals surface area contributed by atoms with Crippen LogP contribution in [0.3, 0.4) is 0 Å². The number of carbonyl (C=O) groups excluding carboxylic acids is 3. The number of nitrogen functional groups attached to an aromatic ring is 1. The van der Waals surface area contributed by atoms with Crippen LogP contribution in [0.5, 0.6) is 0 Å². The van der Waals surface area contributed by atoms with Gasteiger partial charge in [0, 0.05) is 65.9 Å². The fourth-order valence-corrected chi connectivity index (χ4v) is 14.2. The van der Waals surface area contributed by atoms with E-state index in [1.807, 2.05) is 89.5 Å². The van der Waals surface area contributed by atoms with Gasteiger partial charge >= 0.3 is 51.4 Å². The first-order valence-corrected chi connectivity index (χ1v) is 32.9. The zero-order valence-corrected chi connectivity index (χ0v) is 58.7. The number of hydrogen-bond donors (Lipinski definition) is 2. The van der Waals surface area contributed by atoms with E-state index in [0.717, 1.165) is 114 Å². The predicted molar refractivity (Wildman–Crippen MR) is 372 cm³/mol. The first kappa shape index (κ1) is 73.4. The van der Waals surface area contributed by atoms with Crippen molar-refractivity contribution in [3.63, 3.8) is 0 Å². The standard InChI is InChI=1S/2C17H15N3OS2.C11H12ClNO.C6H4N2S2.C5H5ClN2.C3H6OS2.CH4.ClH.K/c2*21-16(20-9-3-5-12-4-1-2-6-14(12)20)11-22-17-19-13-10-18-8-7-15(13)23-17;12-8-11(14)13-7-3-5-9-4-1-2-6-10(9)13;9-6-8-4-3-7-2-1-5(4)10-6;6-4-1-2-8-3-5(4)7;1-2-4-3(5)6;;;/h2*1-2,4,6-8,10H,3,5,9,11H2;1-2,4,6H,3,5,7-8H2;1-3H,(H,8,9);1-3H,7H2;2H2,1H3,(H,5,6);1H4;1H;/q;;;;;;;;+1/p-1. The Morgan fingerprint density at radius 2 is 1.06 bits per heavy atom. The van der Waals surface area contributed by atoms with E-state index in [2.05, 4.69) is 82.7 Å². The van der Waals surface area contributed by atoms with E-state index in [4.69, 9.17) is 41.2 Å².